The van der Waals surface area contributed by atoms with Gasteiger partial charge in [-0.15, -0.1) is 11.3 Å². The van der Waals surface area contributed by atoms with Crippen molar-refractivity contribution in [1.29, 1.82) is 0 Å². The number of hydrogen-bond acceptors (Lipinski definition) is 3. The van der Waals surface area contributed by atoms with Crippen molar-refractivity contribution in [3.05, 3.63) is 40.8 Å². The molecule has 0 aromatic carbocycles. The van der Waals surface area contributed by atoms with Gasteiger partial charge in [0.2, 0.25) is 5.91 Å². The summed E-state index contributed by atoms with van der Waals surface area (Å²) in [6.07, 6.45) is 3.49. The van der Waals surface area contributed by atoms with E-state index in [9.17, 15) is 4.79 Å². The SMILES string of the molecule is CC(C)C(NC(=O)C(C)n1cccn1)c1cccs1. The van der Waals surface area contributed by atoms with Crippen molar-refractivity contribution in [2.45, 2.75) is 32.9 Å². The standard InChI is InChI=1S/C14H19N3OS/c1-10(2)13(12-6-4-9-19-12)16-14(18)11(3)17-8-5-7-15-17/h4-11,13H,1-3H3,(H,16,18). The van der Waals surface area contributed by atoms with Crippen LogP contribution in [0, 0.1) is 5.92 Å². The number of carbonyl (C=O) groups excluding carboxylic acids is 1. The van der Waals surface area contributed by atoms with Crippen molar-refractivity contribution in [2.75, 3.05) is 0 Å². The van der Waals surface area contributed by atoms with Gasteiger partial charge < -0.3 is 5.32 Å². The number of hydrogen-bond donors (Lipinski definition) is 1. The Morgan fingerprint density at radius 1 is 1.37 bits per heavy atom. The Labute approximate surface area is 117 Å². The zero-order valence-electron chi connectivity index (χ0n) is 11.4. The van der Waals surface area contributed by atoms with Gasteiger partial charge in [0.25, 0.3) is 0 Å². The van der Waals surface area contributed by atoms with E-state index < -0.39 is 0 Å². The number of carbonyl (C=O) groups is 1. The topological polar surface area (TPSA) is 46.9 Å². The van der Waals surface area contributed by atoms with Crippen LogP contribution in [-0.4, -0.2) is 15.7 Å². The molecule has 4 nitrogen and oxygen atoms in total. The summed E-state index contributed by atoms with van der Waals surface area (Å²) >= 11 is 1.67. The van der Waals surface area contributed by atoms with E-state index in [0.29, 0.717) is 5.92 Å². The summed E-state index contributed by atoms with van der Waals surface area (Å²) in [4.78, 5) is 13.5. The Hall–Kier alpha value is -1.62. The van der Waals surface area contributed by atoms with Gasteiger partial charge in [0.05, 0.1) is 6.04 Å². The molecule has 0 radical (unpaired) electrons. The van der Waals surface area contributed by atoms with Crippen LogP contribution in [0.3, 0.4) is 0 Å². The highest BCUT2D eigenvalue weighted by Gasteiger charge is 2.23. The summed E-state index contributed by atoms with van der Waals surface area (Å²) in [7, 11) is 0. The van der Waals surface area contributed by atoms with E-state index >= 15 is 0 Å². The van der Waals surface area contributed by atoms with Crippen LogP contribution in [0.25, 0.3) is 0 Å². The molecular weight excluding hydrogens is 258 g/mol. The Morgan fingerprint density at radius 3 is 2.68 bits per heavy atom. The largest absolute Gasteiger partial charge is 0.346 e. The van der Waals surface area contributed by atoms with E-state index in [-0.39, 0.29) is 18.0 Å². The first-order valence-electron chi connectivity index (χ1n) is 6.42. The fraction of sp³-hybridized carbons (Fsp3) is 0.429. The molecule has 2 rings (SSSR count). The van der Waals surface area contributed by atoms with Crippen molar-refractivity contribution < 1.29 is 4.79 Å². The lowest BCUT2D eigenvalue weighted by Crippen LogP contribution is -2.36. The molecule has 2 aromatic heterocycles. The molecule has 0 saturated heterocycles. The summed E-state index contributed by atoms with van der Waals surface area (Å²) in [6.45, 7) is 6.08. The number of nitrogens with one attached hydrogen (secondary N) is 1. The summed E-state index contributed by atoms with van der Waals surface area (Å²) < 4.78 is 1.67. The van der Waals surface area contributed by atoms with E-state index in [2.05, 4.69) is 30.3 Å². The predicted octanol–water partition coefficient (Wildman–Crippen LogP) is 3.02. The molecule has 2 atom stereocenters. The number of nitrogens with zero attached hydrogens (tertiary/aromatic N) is 2. The van der Waals surface area contributed by atoms with E-state index in [0.717, 1.165) is 0 Å². The van der Waals surface area contributed by atoms with Crippen LogP contribution >= 0.6 is 11.3 Å². The molecule has 0 saturated carbocycles. The minimum absolute atomic E-state index is 0.00389. The summed E-state index contributed by atoms with van der Waals surface area (Å²) in [6, 6.07) is 5.66. The molecule has 5 heteroatoms. The third-order valence-corrected chi connectivity index (χ3v) is 4.07. The molecular formula is C14H19N3OS. The van der Waals surface area contributed by atoms with Gasteiger partial charge in [-0.3, -0.25) is 9.48 Å². The molecule has 0 bridgehead atoms. The van der Waals surface area contributed by atoms with Gasteiger partial charge >= 0.3 is 0 Å². The second-order valence-corrected chi connectivity index (χ2v) is 5.89. The van der Waals surface area contributed by atoms with Crippen LogP contribution in [0.4, 0.5) is 0 Å². The Morgan fingerprint density at radius 2 is 2.16 bits per heavy atom. The van der Waals surface area contributed by atoms with Gasteiger partial charge in [0, 0.05) is 17.3 Å². The highest BCUT2D eigenvalue weighted by molar-refractivity contribution is 7.10. The van der Waals surface area contributed by atoms with E-state index in [1.165, 1.54) is 4.88 Å². The minimum Gasteiger partial charge on any atom is -0.346 e. The molecule has 0 aliphatic heterocycles. The second kappa shape index (κ2) is 6.02. The average molecular weight is 277 g/mol. The fourth-order valence-electron chi connectivity index (χ4n) is 1.94. The lowest BCUT2D eigenvalue weighted by Gasteiger charge is -2.23. The molecule has 0 spiro atoms. The van der Waals surface area contributed by atoms with Crippen LogP contribution < -0.4 is 5.32 Å². The van der Waals surface area contributed by atoms with Crippen LogP contribution in [0.2, 0.25) is 0 Å². The Bertz CT molecular complexity index is 505. The molecule has 2 heterocycles. The first-order chi connectivity index (χ1) is 9.09. The zero-order chi connectivity index (χ0) is 13.8. The van der Waals surface area contributed by atoms with Gasteiger partial charge in [-0.05, 0) is 30.4 Å². The normalized spacial score (nSPS) is 14.3. The molecule has 2 aromatic rings. The molecule has 0 fully saturated rings. The third kappa shape index (κ3) is 3.23. The van der Waals surface area contributed by atoms with Gasteiger partial charge in [0.15, 0.2) is 0 Å². The fourth-order valence-corrected chi connectivity index (χ4v) is 2.89. The molecule has 0 aliphatic rings. The van der Waals surface area contributed by atoms with Crippen molar-refractivity contribution in [2.24, 2.45) is 5.92 Å². The molecule has 102 valence electrons. The summed E-state index contributed by atoms with van der Waals surface area (Å²) in [5.41, 5.74) is 0. The maximum atomic E-state index is 12.3. The summed E-state index contributed by atoms with van der Waals surface area (Å²) in [5.74, 6) is 0.350. The highest BCUT2D eigenvalue weighted by atomic mass is 32.1. The minimum atomic E-state index is -0.295. The maximum absolute atomic E-state index is 12.3. The van der Waals surface area contributed by atoms with Crippen LogP contribution in [0.15, 0.2) is 36.0 Å². The van der Waals surface area contributed by atoms with E-state index in [1.807, 2.05) is 24.4 Å². The smallest absolute Gasteiger partial charge is 0.245 e. The van der Waals surface area contributed by atoms with Crippen molar-refractivity contribution in [1.82, 2.24) is 15.1 Å². The average Bonchev–Trinajstić information content (AvgIpc) is 3.06. The van der Waals surface area contributed by atoms with Crippen molar-refractivity contribution >= 4 is 17.2 Å². The van der Waals surface area contributed by atoms with Gasteiger partial charge in [-0.25, -0.2) is 0 Å². The lowest BCUT2D eigenvalue weighted by molar-refractivity contribution is -0.125. The quantitative estimate of drug-likeness (QED) is 0.913. The van der Waals surface area contributed by atoms with E-state index in [1.54, 1.807) is 28.4 Å². The van der Waals surface area contributed by atoms with Crippen LogP contribution in [0.1, 0.15) is 37.7 Å². The van der Waals surface area contributed by atoms with E-state index in [4.69, 9.17) is 0 Å². The monoisotopic (exact) mass is 277 g/mol. The zero-order valence-corrected chi connectivity index (χ0v) is 12.2. The second-order valence-electron chi connectivity index (χ2n) is 4.91. The molecule has 0 aliphatic carbocycles. The molecule has 19 heavy (non-hydrogen) atoms. The van der Waals surface area contributed by atoms with Gasteiger partial charge in [-0.1, -0.05) is 19.9 Å². The first kappa shape index (κ1) is 13.8. The summed E-state index contributed by atoms with van der Waals surface area (Å²) in [5, 5.41) is 9.26. The number of aromatic nitrogens is 2. The van der Waals surface area contributed by atoms with Crippen molar-refractivity contribution in [3.63, 3.8) is 0 Å². The van der Waals surface area contributed by atoms with Crippen LogP contribution in [0.5, 0.6) is 0 Å². The Balaban J connectivity index is 2.08. The maximum Gasteiger partial charge on any atom is 0.245 e. The predicted molar refractivity (Wildman–Crippen MR) is 77.0 cm³/mol. The third-order valence-electron chi connectivity index (χ3n) is 3.12. The lowest BCUT2D eigenvalue weighted by atomic mass is 10.0. The number of amides is 1. The first-order valence-corrected chi connectivity index (χ1v) is 7.30. The molecule has 1 N–H and O–H groups in total. The highest BCUT2D eigenvalue weighted by Crippen LogP contribution is 2.26. The number of rotatable bonds is 5. The Kier molecular flexibility index (Phi) is 4.37. The van der Waals surface area contributed by atoms with Gasteiger partial charge in [-0.2, -0.15) is 5.10 Å². The van der Waals surface area contributed by atoms with Crippen LogP contribution in [-0.2, 0) is 4.79 Å². The molecule has 2 unspecified atom stereocenters. The van der Waals surface area contributed by atoms with Crippen molar-refractivity contribution in [3.8, 4) is 0 Å². The van der Waals surface area contributed by atoms with Gasteiger partial charge in [0.1, 0.15) is 6.04 Å². The molecule has 1 amide bonds. The number of thiophene rings is 1.